The van der Waals surface area contributed by atoms with Crippen LogP contribution in [0.5, 0.6) is 0 Å². The Balaban J connectivity index is 2.31. The number of nitrogens with one attached hydrogen (secondary N) is 1. The fourth-order valence-corrected chi connectivity index (χ4v) is 5.07. The van der Waals surface area contributed by atoms with E-state index in [-0.39, 0.29) is 5.91 Å². The SMILES string of the molecule is CCO[Si](C)(C)c1c(N)cc(C(=O)Nc2ccccc2)cc1N. The summed E-state index contributed by atoms with van der Waals surface area (Å²) in [7, 11) is -2.18. The molecule has 2 aromatic rings. The molecule has 0 bridgehead atoms. The number of hydrogen-bond donors (Lipinski definition) is 3. The van der Waals surface area contributed by atoms with Crippen molar-refractivity contribution in [3.05, 3.63) is 48.0 Å². The maximum Gasteiger partial charge on any atom is 0.255 e. The van der Waals surface area contributed by atoms with Crippen molar-refractivity contribution in [3.8, 4) is 0 Å². The first-order valence-electron chi connectivity index (χ1n) is 7.55. The summed E-state index contributed by atoms with van der Waals surface area (Å²) < 4.78 is 5.85. The van der Waals surface area contributed by atoms with Gasteiger partial charge in [0.15, 0.2) is 0 Å². The Morgan fingerprint density at radius 2 is 1.70 bits per heavy atom. The van der Waals surface area contributed by atoms with Crippen LogP contribution in [0.25, 0.3) is 0 Å². The lowest BCUT2D eigenvalue weighted by Crippen LogP contribution is -2.47. The molecular weight excluding hydrogens is 306 g/mol. The first kappa shape index (κ1) is 17.0. The lowest BCUT2D eigenvalue weighted by atomic mass is 10.1. The van der Waals surface area contributed by atoms with Gasteiger partial charge in [-0.15, -0.1) is 0 Å². The summed E-state index contributed by atoms with van der Waals surface area (Å²) in [6.07, 6.45) is 0. The zero-order valence-corrected chi connectivity index (χ0v) is 14.7. The smallest absolute Gasteiger partial charge is 0.255 e. The Labute approximate surface area is 137 Å². The summed E-state index contributed by atoms with van der Waals surface area (Å²) in [6, 6.07) is 12.6. The van der Waals surface area contributed by atoms with Crippen LogP contribution < -0.4 is 22.0 Å². The zero-order valence-electron chi connectivity index (χ0n) is 13.7. The third-order valence-electron chi connectivity index (χ3n) is 3.60. The van der Waals surface area contributed by atoms with Gasteiger partial charge in [0.1, 0.15) is 0 Å². The van der Waals surface area contributed by atoms with E-state index in [9.17, 15) is 4.79 Å². The molecule has 6 heteroatoms. The lowest BCUT2D eigenvalue weighted by Gasteiger charge is -2.26. The second-order valence-corrected chi connectivity index (χ2v) is 9.60. The fraction of sp³-hybridized carbons (Fsp3) is 0.235. The molecule has 23 heavy (non-hydrogen) atoms. The third-order valence-corrected chi connectivity index (χ3v) is 6.39. The van der Waals surface area contributed by atoms with Gasteiger partial charge in [-0.2, -0.15) is 0 Å². The Morgan fingerprint density at radius 3 is 2.22 bits per heavy atom. The monoisotopic (exact) mass is 329 g/mol. The van der Waals surface area contributed by atoms with E-state index < -0.39 is 8.32 Å². The molecular formula is C17H23N3O2Si. The maximum absolute atomic E-state index is 12.4. The predicted octanol–water partition coefficient (Wildman–Crippen LogP) is 2.55. The summed E-state index contributed by atoms with van der Waals surface area (Å²) >= 11 is 0. The van der Waals surface area contributed by atoms with Crippen molar-refractivity contribution in [2.75, 3.05) is 23.4 Å². The average molecular weight is 329 g/mol. The normalized spacial score (nSPS) is 11.3. The molecule has 0 atom stereocenters. The highest BCUT2D eigenvalue weighted by molar-refractivity contribution is 6.86. The van der Waals surface area contributed by atoms with Gasteiger partial charge in [0.05, 0.1) is 0 Å². The number of anilines is 3. The van der Waals surface area contributed by atoms with Crippen molar-refractivity contribution >= 4 is 36.5 Å². The molecule has 0 heterocycles. The molecule has 0 saturated carbocycles. The van der Waals surface area contributed by atoms with E-state index in [0.717, 1.165) is 10.9 Å². The van der Waals surface area contributed by atoms with Crippen LogP contribution in [0, 0.1) is 0 Å². The van der Waals surface area contributed by atoms with E-state index in [2.05, 4.69) is 5.32 Å². The quantitative estimate of drug-likeness (QED) is 0.581. The van der Waals surface area contributed by atoms with Crippen molar-refractivity contribution in [2.45, 2.75) is 20.0 Å². The molecule has 122 valence electrons. The first-order chi connectivity index (χ1) is 10.8. The van der Waals surface area contributed by atoms with Gasteiger partial charge in [0.25, 0.3) is 5.91 Å². The highest BCUT2D eigenvalue weighted by atomic mass is 28.4. The predicted molar refractivity (Wildman–Crippen MR) is 98.4 cm³/mol. The van der Waals surface area contributed by atoms with Gasteiger partial charge in [-0.05, 0) is 44.3 Å². The number of amides is 1. The van der Waals surface area contributed by atoms with Crippen LogP contribution >= 0.6 is 0 Å². The number of benzene rings is 2. The number of hydrogen-bond acceptors (Lipinski definition) is 4. The van der Waals surface area contributed by atoms with Crippen LogP contribution in [0.2, 0.25) is 13.1 Å². The second-order valence-electron chi connectivity index (χ2n) is 5.79. The summed E-state index contributed by atoms with van der Waals surface area (Å²) in [5.41, 5.74) is 14.5. The van der Waals surface area contributed by atoms with Crippen LogP contribution in [0.4, 0.5) is 17.1 Å². The van der Waals surface area contributed by atoms with Crippen LogP contribution in [0.3, 0.4) is 0 Å². The molecule has 0 saturated heterocycles. The molecule has 0 aliphatic carbocycles. The van der Waals surface area contributed by atoms with Crippen molar-refractivity contribution < 1.29 is 9.22 Å². The van der Waals surface area contributed by atoms with Gasteiger partial charge in [-0.25, -0.2) is 0 Å². The fourth-order valence-electron chi connectivity index (χ4n) is 2.67. The van der Waals surface area contributed by atoms with Gasteiger partial charge < -0.3 is 21.2 Å². The Bertz CT molecular complexity index is 679. The molecule has 2 aromatic carbocycles. The molecule has 0 radical (unpaired) electrons. The summed E-state index contributed by atoms with van der Waals surface area (Å²) in [5.74, 6) is -0.239. The number of para-hydroxylation sites is 1. The highest BCUT2D eigenvalue weighted by Crippen LogP contribution is 2.20. The minimum atomic E-state index is -2.18. The third kappa shape index (κ3) is 3.91. The number of nitrogens with two attached hydrogens (primary N) is 2. The van der Waals surface area contributed by atoms with Gasteiger partial charge in [-0.3, -0.25) is 4.79 Å². The average Bonchev–Trinajstić information content (AvgIpc) is 2.47. The number of carbonyl (C=O) groups excluding carboxylic acids is 1. The van der Waals surface area contributed by atoms with Crippen LogP contribution in [-0.4, -0.2) is 20.8 Å². The maximum atomic E-state index is 12.4. The van der Waals surface area contributed by atoms with Crippen molar-refractivity contribution in [1.82, 2.24) is 0 Å². The van der Waals surface area contributed by atoms with Crippen LogP contribution in [0.15, 0.2) is 42.5 Å². The number of rotatable bonds is 5. The topological polar surface area (TPSA) is 90.4 Å². The summed E-state index contributed by atoms with van der Waals surface area (Å²) in [5, 5.41) is 3.67. The van der Waals surface area contributed by atoms with Gasteiger partial charge in [0.2, 0.25) is 8.32 Å². The van der Waals surface area contributed by atoms with E-state index in [0.29, 0.717) is 23.5 Å². The molecule has 1 amide bonds. The molecule has 2 rings (SSSR count). The van der Waals surface area contributed by atoms with E-state index in [1.54, 1.807) is 12.1 Å². The van der Waals surface area contributed by atoms with E-state index >= 15 is 0 Å². The first-order valence-corrected chi connectivity index (χ1v) is 10.5. The van der Waals surface area contributed by atoms with E-state index in [1.165, 1.54) is 0 Å². The minimum Gasteiger partial charge on any atom is -0.413 e. The Hall–Kier alpha value is -2.31. The largest absolute Gasteiger partial charge is 0.413 e. The van der Waals surface area contributed by atoms with E-state index in [1.807, 2.05) is 50.3 Å². The standard InChI is InChI=1S/C17H23N3O2Si/c1-4-22-23(2,3)16-14(18)10-12(11-15(16)19)17(21)20-13-8-6-5-7-9-13/h5-11H,4,18-19H2,1-3H3,(H,20,21). The van der Waals surface area contributed by atoms with Gasteiger partial charge >= 0.3 is 0 Å². The van der Waals surface area contributed by atoms with Gasteiger partial charge in [0, 0.05) is 34.4 Å². The summed E-state index contributed by atoms with van der Waals surface area (Å²) in [6.45, 7) is 6.64. The molecule has 0 aliphatic heterocycles. The summed E-state index contributed by atoms with van der Waals surface area (Å²) in [4.78, 5) is 12.4. The molecule has 0 spiro atoms. The Morgan fingerprint density at radius 1 is 1.13 bits per heavy atom. The highest BCUT2D eigenvalue weighted by Gasteiger charge is 2.30. The molecule has 0 aromatic heterocycles. The van der Waals surface area contributed by atoms with Crippen molar-refractivity contribution in [1.29, 1.82) is 0 Å². The molecule has 5 nitrogen and oxygen atoms in total. The van der Waals surface area contributed by atoms with Crippen LogP contribution in [-0.2, 0) is 4.43 Å². The van der Waals surface area contributed by atoms with Crippen molar-refractivity contribution in [2.24, 2.45) is 0 Å². The van der Waals surface area contributed by atoms with E-state index in [4.69, 9.17) is 15.9 Å². The molecule has 0 unspecified atom stereocenters. The molecule has 5 N–H and O–H groups in total. The zero-order chi connectivity index (χ0) is 17.0. The van der Waals surface area contributed by atoms with Crippen LogP contribution in [0.1, 0.15) is 17.3 Å². The second kappa shape index (κ2) is 6.85. The Kier molecular flexibility index (Phi) is 5.07. The molecule has 0 fully saturated rings. The van der Waals surface area contributed by atoms with Crippen molar-refractivity contribution in [3.63, 3.8) is 0 Å². The molecule has 0 aliphatic rings. The lowest BCUT2D eigenvalue weighted by molar-refractivity contribution is 0.102. The number of carbonyl (C=O) groups is 1. The number of nitrogen functional groups attached to an aromatic ring is 2. The minimum absolute atomic E-state index is 0.239. The van der Waals surface area contributed by atoms with Gasteiger partial charge in [-0.1, -0.05) is 18.2 Å².